The SMILES string of the molecule is Cn1nc(C(=O)O)n(-c2cccc(Cl)c2)c1=O. The number of aromatic carboxylic acids is 1. The van der Waals surface area contributed by atoms with Crippen LogP contribution in [0.15, 0.2) is 29.1 Å². The molecular formula is C10H8ClN3O3. The quantitative estimate of drug-likeness (QED) is 0.863. The largest absolute Gasteiger partial charge is 0.475 e. The Morgan fingerprint density at radius 1 is 1.47 bits per heavy atom. The molecule has 1 heterocycles. The molecule has 6 nitrogen and oxygen atoms in total. The molecule has 88 valence electrons. The summed E-state index contributed by atoms with van der Waals surface area (Å²) in [4.78, 5) is 22.7. The van der Waals surface area contributed by atoms with E-state index in [9.17, 15) is 9.59 Å². The third-order valence-corrected chi connectivity index (χ3v) is 2.42. The normalized spacial score (nSPS) is 10.5. The van der Waals surface area contributed by atoms with E-state index < -0.39 is 11.7 Å². The van der Waals surface area contributed by atoms with Crippen molar-refractivity contribution in [2.75, 3.05) is 0 Å². The van der Waals surface area contributed by atoms with E-state index in [1.807, 2.05) is 0 Å². The van der Waals surface area contributed by atoms with Gasteiger partial charge in [-0.25, -0.2) is 18.8 Å². The number of carbonyl (C=O) groups is 1. The van der Waals surface area contributed by atoms with Crippen molar-refractivity contribution in [1.29, 1.82) is 0 Å². The van der Waals surface area contributed by atoms with Gasteiger partial charge in [0.25, 0.3) is 0 Å². The zero-order valence-electron chi connectivity index (χ0n) is 8.79. The number of carboxylic acids is 1. The molecule has 0 unspecified atom stereocenters. The lowest BCUT2D eigenvalue weighted by atomic mass is 10.3. The van der Waals surface area contributed by atoms with E-state index in [0.29, 0.717) is 10.7 Å². The predicted molar refractivity (Wildman–Crippen MR) is 60.8 cm³/mol. The van der Waals surface area contributed by atoms with E-state index in [2.05, 4.69) is 5.10 Å². The third-order valence-electron chi connectivity index (χ3n) is 2.18. The van der Waals surface area contributed by atoms with Gasteiger partial charge in [-0.15, -0.1) is 5.10 Å². The Morgan fingerprint density at radius 2 is 2.18 bits per heavy atom. The molecule has 7 heteroatoms. The Labute approximate surface area is 101 Å². The van der Waals surface area contributed by atoms with E-state index in [-0.39, 0.29) is 5.82 Å². The minimum atomic E-state index is -1.28. The van der Waals surface area contributed by atoms with Gasteiger partial charge in [-0.05, 0) is 18.2 Å². The van der Waals surface area contributed by atoms with Gasteiger partial charge in [-0.2, -0.15) is 0 Å². The summed E-state index contributed by atoms with van der Waals surface area (Å²) < 4.78 is 1.96. The third kappa shape index (κ3) is 1.94. The van der Waals surface area contributed by atoms with Crippen LogP contribution in [0.2, 0.25) is 5.02 Å². The Balaban J connectivity index is 2.74. The van der Waals surface area contributed by atoms with Gasteiger partial charge in [0, 0.05) is 12.1 Å². The molecule has 0 fully saturated rings. The van der Waals surface area contributed by atoms with Gasteiger partial charge in [-0.1, -0.05) is 17.7 Å². The minimum absolute atomic E-state index is 0.347. The van der Waals surface area contributed by atoms with Crippen LogP contribution >= 0.6 is 11.6 Å². The zero-order chi connectivity index (χ0) is 12.6. The molecule has 0 saturated heterocycles. The molecule has 0 aliphatic rings. The highest BCUT2D eigenvalue weighted by atomic mass is 35.5. The molecule has 2 aromatic rings. The van der Waals surface area contributed by atoms with Crippen LogP contribution in [-0.4, -0.2) is 25.4 Å². The predicted octanol–water partition coefficient (Wildman–Crippen LogP) is 0.923. The number of aryl methyl sites for hydroxylation is 1. The second-order valence-electron chi connectivity index (χ2n) is 3.35. The molecule has 2 rings (SSSR count). The van der Waals surface area contributed by atoms with E-state index in [1.165, 1.54) is 13.1 Å². The van der Waals surface area contributed by atoms with Crippen molar-refractivity contribution in [3.8, 4) is 5.69 Å². The number of rotatable bonds is 2. The second-order valence-corrected chi connectivity index (χ2v) is 3.79. The van der Waals surface area contributed by atoms with Gasteiger partial charge in [0.05, 0.1) is 5.69 Å². The summed E-state index contributed by atoms with van der Waals surface area (Å²) in [6, 6.07) is 6.34. The van der Waals surface area contributed by atoms with Crippen molar-refractivity contribution in [3.63, 3.8) is 0 Å². The van der Waals surface area contributed by atoms with Crippen LogP contribution in [0.25, 0.3) is 5.69 Å². The molecule has 0 aliphatic carbocycles. The molecule has 1 N–H and O–H groups in total. The average molecular weight is 254 g/mol. The molecule has 0 radical (unpaired) electrons. The highest BCUT2D eigenvalue weighted by molar-refractivity contribution is 6.30. The summed E-state index contributed by atoms with van der Waals surface area (Å²) in [5, 5.41) is 13.0. The van der Waals surface area contributed by atoms with E-state index in [1.54, 1.807) is 18.2 Å². The topological polar surface area (TPSA) is 77.1 Å². The molecule has 17 heavy (non-hydrogen) atoms. The van der Waals surface area contributed by atoms with Crippen LogP contribution in [0.5, 0.6) is 0 Å². The maximum atomic E-state index is 11.8. The van der Waals surface area contributed by atoms with Crippen LogP contribution in [0.4, 0.5) is 0 Å². The molecule has 0 atom stereocenters. The number of hydrogen-bond donors (Lipinski definition) is 1. The van der Waals surface area contributed by atoms with Crippen LogP contribution < -0.4 is 5.69 Å². The molecule has 1 aromatic carbocycles. The van der Waals surface area contributed by atoms with E-state index in [0.717, 1.165) is 9.25 Å². The van der Waals surface area contributed by atoms with E-state index >= 15 is 0 Å². The Morgan fingerprint density at radius 3 is 2.76 bits per heavy atom. The number of benzene rings is 1. The van der Waals surface area contributed by atoms with Crippen molar-refractivity contribution in [2.45, 2.75) is 0 Å². The van der Waals surface area contributed by atoms with Crippen LogP contribution in [0, 0.1) is 0 Å². The van der Waals surface area contributed by atoms with Gasteiger partial charge in [0.2, 0.25) is 5.82 Å². The van der Waals surface area contributed by atoms with Crippen molar-refractivity contribution < 1.29 is 9.90 Å². The van der Waals surface area contributed by atoms with Gasteiger partial charge in [0.1, 0.15) is 0 Å². The van der Waals surface area contributed by atoms with Crippen LogP contribution in [-0.2, 0) is 7.05 Å². The maximum absolute atomic E-state index is 11.8. The molecule has 1 aromatic heterocycles. The molecule has 0 amide bonds. The highest BCUT2D eigenvalue weighted by Crippen LogP contribution is 2.14. The van der Waals surface area contributed by atoms with Crippen LogP contribution in [0.3, 0.4) is 0 Å². The summed E-state index contributed by atoms with van der Waals surface area (Å²) in [7, 11) is 1.38. The zero-order valence-corrected chi connectivity index (χ0v) is 9.55. The first-order valence-corrected chi connectivity index (χ1v) is 5.04. The van der Waals surface area contributed by atoms with Gasteiger partial charge in [-0.3, -0.25) is 0 Å². The lowest BCUT2D eigenvalue weighted by Gasteiger charge is -2.02. The number of carboxylic acid groups (broad SMARTS) is 1. The number of aromatic nitrogens is 3. The minimum Gasteiger partial charge on any atom is -0.475 e. The molecule has 0 bridgehead atoms. The van der Waals surface area contributed by atoms with Crippen molar-refractivity contribution in [3.05, 3.63) is 45.6 Å². The summed E-state index contributed by atoms with van der Waals surface area (Å²) in [6.45, 7) is 0. The van der Waals surface area contributed by atoms with Crippen molar-refractivity contribution in [1.82, 2.24) is 14.3 Å². The second kappa shape index (κ2) is 4.06. The fourth-order valence-electron chi connectivity index (χ4n) is 1.45. The monoisotopic (exact) mass is 253 g/mol. The van der Waals surface area contributed by atoms with Gasteiger partial charge < -0.3 is 5.11 Å². The smallest absolute Gasteiger partial charge is 0.374 e. The number of nitrogens with zero attached hydrogens (tertiary/aromatic N) is 3. The molecular weight excluding hydrogens is 246 g/mol. The fourth-order valence-corrected chi connectivity index (χ4v) is 1.64. The van der Waals surface area contributed by atoms with Crippen LogP contribution in [0.1, 0.15) is 10.6 Å². The summed E-state index contributed by atoms with van der Waals surface area (Å²) in [5.41, 5.74) is -0.169. The molecule has 0 saturated carbocycles. The number of hydrogen-bond acceptors (Lipinski definition) is 3. The molecule has 0 aliphatic heterocycles. The van der Waals surface area contributed by atoms with E-state index in [4.69, 9.17) is 16.7 Å². The fraction of sp³-hybridized carbons (Fsp3) is 0.100. The Hall–Kier alpha value is -2.08. The standard InChI is InChI=1S/C10H8ClN3O3/c1-13-10(17)14(8(12-13)9(15)16)7-4-2-3-6(11)5-7/h2-5H,1H3,(H,15,16). The Bertz CT molecular complexity index is 644. The maximum Gasteiger partial charge on any atom is 0.374 e. The highest BCUT2D eigenvalue weighted by Gasteiger charge is 2.18. The summed E-state index contributed by atoms with van der Waals surface area (Å²) in [6.07, 6.45) is 0. The molecule has 0 spiro atoms. The average Bonchev–Trinajstić information content (AvgIpc) is 2.56. The summed E-state index contributed by atoms with van der Waals surface area (Å²) in [5.74, 6) is -1.62. The lowest BCUT2D eigenvalue weighted by Crippen LogP contribution is -2.23. The Kier molecular flexibility index (Phi) is 2.72. The lowest BCUT2D eigenvalue weighted by molar-refractivity contribution is 0.0680. The first-order chi connectivity index (χ1) is 8.00. The number of halogens is 1. The first-order valence-electron chi connectivity index (χ1n) is 4.66. The van der Waals surface area contributed by atoms with Gasteiger partial charge in [0.15, 0.2) is 0 Å². The van der Waals surface area contributed by atoms with Crippen molar-refractivity contribution in [2.24, 2.45) is 7.05 Å². The van der Waals surface area contributed by atoms with Gasteiger partial charge >= 0.3 is 11.7 Å². The summed E-state index contributed by atoms with van der Waals surface area (Å²) >= 11 is 5.80. The first kappa shape index (κ1) is 11.4. The van der Waals surface area contributed by atoms with Crippen molar-refractivity contribution >= 4 is 17.6 Å².